The number of carboxylic acids is 1. The van der Waals surface area contributed by atoms with Crippen molar-refractivity contribution in [1.82, 2.24) is 5.32 Å². The summed E-state index contributed by atoms with van der Waals surface area (Å²) in [5.41, 5.74) is 2.56. The molecule has 29 heavy (non-hydrogen) atoms. The maximum atomic E-state index is 10.5. The minimum atomic E-state index is -0.776. The molecule has 0 aliphatic heterocycles. The monoisotopic (exact) mass is 397 g/mol. The highest BCUT2D eigenvalue weighted by Gasteiger charge is 2.00. The second-order valence-electron chi connectivity index (χ2n) is 7.53. The first-order chi connectivity index (χ1) is 14.2. The van der Waals surface area contributed by atoms with Gasteiger partial charge in [-0.1, -0.05) is 74.6 Å². The molecule has 0 radical (unpaired) electrons. The van der Waals surface area contributed by atoms with E-state index >= 15 is 0 Å². The Balaban J connectivity index is 1.45. The lowest BCUT2D eigenvalue weighted by Gasteiger charge is -2.09. The summed E-state index contributed by atoms with van der Waals surface area (Å²) in [4.78, 5) is 10.5. The second-order valence-corrected chi connectivity index (χ2v) is 7.53. The van der Waals surface area contributed by atoms with Crippen molar-refractivity contribution < 1.29 is 14.6 Å². The van der Waals surface area contributed by atoms with E-state index in [9.17, 15) is 4.79 Å². The molecule has 0 bridgehead atoms. The van der Waals surface area contributed by atoms with Crippen molar-refractivity contribution >= 4 is 5.97 Å². The average molecular weight is 398 g/mol. The molecule has 0 aromatic heterocycles. The Bertz CT molecular complexity index is 687. The molecule has 4 heteroatoms. The number of rotatable bonds is 16. The van der Waals surface area contributed by atoms with Crippen LogP contribution in [0.25, 0.3) is 0 Å². The van der Waals surface area contributed by atoms with E-state index < -0.39 is 5.97 Å². The van der Waals surface area contributed by atoms with Gasteiger partial charge in [-0.15, -0.1) is 0 Å². The summed E-state index contributed by atoms with van der Waals surface area (Å²) in [7, 11) is 0. The molecular formula is C25H35NO3. The summed E-state index contributed by atoms with van der Waals surface area (Å²) in [6.45, 7) is 1.89. The molecule has 2 aromatic carbocycles. The van der Waals surface area contributed by atoms with E-state index in [1.165, 1.54) is 50.5 Å². The minimum absolute atomic E-state index is 0.142. The Labute approximate surface area is 175 Å². The van der Waals surface area contributed by atoms with Crippen molar-refractivity contribution in [3.8, 4) is 5.75 Å². The van der Waals surface area contributed by atoms with Crippen LogP contribution in [-0.2, 0) is 17.8 Å². The average Bonchev–Trinajstić information content (AvgIpc) is 2.73. The number of hydrogen-bond acceptors (Lipinski definition) is 3. The number of unbranched alkanes of at least 4 members (excludes halogenated alkanes) is 6. The van der Waals surface area contributed by atoms with Crippen molar-refractivity contribution in [3.05, 3.63) is 65.7 Å². The molecule has 0 fully saturated rings. The SMILES string of the molecule is O=C(O)CCNCc1cccc(OCCCCCCCCCc2ccccc2)c1. The normalized spacial score (nSPS) is 10.8. The van der Waals surface area contributed by atoms with Gasteiger partial charge < -0.3 is 15.2 Å². The number of ether oxygens (including phenoxy) is 1. The molecule has 158 valence electrons. The molecule has 0 atom stereocenters. The van der Waals surface area contributed by atoms with Crippen LogP contribution in [0.5, 0.6) is 5.75 Å². The van der Waals surface area contributed by atoms with Gasteiger partial charge in [0, 0.05) is 13.1 Å². The molecule has 0 aliphatic rings. The number of carbonyl (C=O) groups is 1. The van der Waals surface area contributed by atoms with E-state index in [1.54, 1.807) is 0 Å². The Morgan fingerprint density at radius 2 is 1.52 bits per heavy atom. The predicted molar refractivity (Wildman–Crippen MR) is 118 cm³/mol. The standard InChI is InChI=1S/C25H35NO3/c27-25(28)17-18-26-21-23-15-11-16-24(20-23)29-19-10-5-3-1-2-4-7-12-22-13-8-6-9-14-22/h6,8-9,11,13-16,20,26H,1-5,7,10,12,17-19,21H2,(H,27,28). The molecule has 0 saturated carbocycles. The molecule has 0 heterocycles. The van der Waals surface area contributed by atoms with Crippen LogP contribution in [-0.4, -0.2) is 24.2 Å². The van der Waals surface area contributed by atoms with Gasteiger partial charge in [-0.05, 0) is 42.5 Å². The summed E-state index contributed by atoms with van der Waals surface area (Å²) in [5.74, 6) is 0.116. The zero-order chi connectivity index (χ0) is 20.6. The van der Waals surface area contributed by atoms with E-state index in [0.29, 0.717) is 13.1 Å². The molecule has 2 aromatic rings. The number of benzene rings is 2. The third-order valence-electron chi connectivity index (χ3n) is 4.96. The Hall–Kier alpha value is -2.33. The van der Waals surface area contributed by atoms with Gasteiger partial charge in [0.2, 0.25) is 0 Å². The molecule has 0 spiro atoms. The fourth-order valence-corrected chi connectivity index (χ4v) is 3.32. The molecule has 0 aliphatic carbocycles. The van der Waals surface area contributed by atoms with E-state index in [0.717, 1.165) is 24.3 Å². The maximum Gasteiger partial charge on any atom is 0.304 e. The molecule has 4 nitrogen and oxygen atoms in total. The summed E-state index contributed by atoms with van der Waals surface area (Å²) >= 11 is 0. The van der Waals surface area contributed by atoms with Crippen molar-refractivity contribution in [2.24, 2.45) is 0 Å². The van der Waals surface area contributed by atoms with Crippen molar-refractivity contribution in [3.63, 3.8) is 0 Å². The third-order valence-corrected chi connectivity index (χ3v) is 4.96. The smallest absolute Gasteiger partial charge is 0.304 e. The number of carboxylic acid groups (broad SMARTS) is 1. The Morgan fingerprint density at radius 1 is 0.828 bits per heavy atom. The fraction of sp³-hybridized carbons (Fsp3) is 0.480. The first kappa shape index (κ1) is 23.0. The number of hydrogen-bond donors (Lipinski definition) is 2. The summed E-state index contributed by atoms with van der Waals surface area (Å²) < 4.78 is 5.86. The van der Waals surface area contributed by atoms with Gasteiger partial charge in [0.1, 0.15) is 5.75 Å². The van der Waals surface area contributed by atoms with Crippen LogP contribution < -0.4 is 10.1 Å². The van der Waals surface area contributed by atoms with Gasteiger partial charge in [0.25, 0.3) is 0 Å². The molecule has 2 N–H and O–H groups in total. The lowest BCUT2D eigenvalue weighted by Crippen LogP contribution is -2.17. The van der Waals surface area contributed by atoms with Crippen LogP contribution in [0.4, 0.5) is 0 Å². The third kappa shape index (κ3) is 11.3. The van der Waals surface area contributed by atoms with Crippen molar-refractivity contribution in [2.45, 2.75) is 64.3 Å². The Kier molecular flexibility index (Phi) is 11.6. The van der Waals surface area contributed by atoms with Gasteiger partial charge in [0.05, 0.1) is 13.0 Å². The minimum Gasteiger partial charge on any atom is -0.494 e. The number of nitrogens with one attached hydrogen (secondary N) is 1. The zero-order valence-electron chi connectivity index (χ0n) is 17.4. The van der Waals surface area contributed by atoms with Gasteiger partial charge >= 0.3 is 5.97 Å². The molecule has 0 amide bonds. The number of aryl methyl sites for hydroxylation is 1. The van der Waals surface area contributed by atoms with Gasteiger partial charge in [-0.3, -0.25) is 4.79 Å². The largest absolute Gasteiger partial charge is 0.494 e. The molecule has 2 rings (SSSR count). The quantitative estimate of drug-likeness (QED) is 0.362. The predicted octanol–water partition coefficient (Wildman–Crippen LogP) is 5.60. The summed E-state index contributed by atoms with van der Waals surface area (Å²) in [5, 5.41) is 11.8. The Morgan fingerprint density at radius 3 is 2.28 bits per heavy atom. The van der Waals surface area contributed by atoms with Crippen molar-refractivity contribution in [2.75, 3.05) is 13.2 Å². The topological polar surface area (TPSA) is 58.6 Å². The lowest BCUT2D eigenvalue weighted by molar-refractivity contribution is -0.136. The summed E-state index contributed by atoms with van der Waals surface area (Å²) in [6.07, 6.45) is 10.2. The maximum absolute atomic E-state index is 10.5. The van der Waals surface area contributed by atoms with Crippen LogP contribution in [0.3, 0.4) is 0 Å². The van der Waals surface area contributed by atoms with Gasteiger partial charge in [-0.2, -0.15) is 0 Å². The first-order valence-electron chi connectivity index (χ1n) is 10.9. The fourth-order valence-electron chi connectivity index (χ4n) is 3.32. The van der Waals surface area contributed by atoms with Gasteiger partial charge in [0.15, 0.2) is 0 Å². The summed E-state index contributed by atoms with van der Waals surface area (Å²) in [6, 6.07) is 18.8. The van der Waals surface area contributed by atoms with E-state index in [1.807, 2.05) is 24.3 Å². The molecular weight excluding hydrogens is 362 g/mol. The van der Waals surface area contributed by atoms with Crippen LogP contribution in [0.1, 0.15) is 62.5 Å². The lowest BCUT2D eigenvalue weighted by atomic mass is 10.0. The van der Waals surface area contributed by atoms with Crippen molar-refractivity contribution in [1.29, 1.82) is 0 Å². The van der Waals surface area contributed by atoms with E-state index in [4.69, 9.17) is 9.84 Å². The van der Waals surface area contributed by atoms with Crippen LogP contribution in [0, 0.1) is 0 Å². The van der Waals surface area contributed by atoms with Crippen LogP contribution in [0.2, 0.25) is 0 Å². The first-order valence-corrected chi connectivity index (χ1v) is 10.9. The van der Waals surface area contributed by atoms with E-state index in [-0.39, 0.29) is 6.42 Å². The number of aliphatic carboxylic acids is 1. The van der Waals surface area contributed by atoms with Crippen LogP contribution in [0.15, 0.2) is 54.6 Å². The van der Waals surface area contributed by atoms with E-state index in [2.05, 4.69) is 35.6 Å². The molecule has 0 unspecified atom stereocenters. The zero-order valence-corrected chi connectivity index (χ0v) is 17.4. The van der Waals surface area contributed by atoms with Crippen LogP contribution >= 0.6 is 0 Å². The van der Waals surface area contributed by atoms with Gasteiger partial charge in [-0.25, -0.2) is 0 Å². The molecule has 0 saturated heterocycles. The highest BCUT2D eigenvalue weighted by atomic mass is 16.5. The highest BCUT2D eigenvalue weighted by Crippen LogP contribution is 2.15. The second kappa shape index (κ2) is 14.6. The highest BCUT2D eigenvalue weighted by molar-refractivity contribution is 5.66.